The predicted octanol–water partition coefficient (Wildman–Crippen LogP) is 2.70. The van der Waals surface area contributed by atoms with Crippen molar-refractivity contribution >= 4 is 0 Å². The minimum absolute atomic E-state index is 0.790. The van der Waals surface area contributed by atoms with Crippen molar-refractivity contribution in [2.24, 2.45) is 0 Å². The highest BCUT2D eigenvalue weighted by molar-refractivity contribution is 4.92. The molecule has 0 aromatic carbocycles. The summed E-state index contributed by atoms with van der Waals surface area (Å²) in [6, 6.07) is 0.790. The molecule has 1 fully saturated rings. The van der Waals surface area contributed by atoms with E-state index in [2.05, 4.69) is 27.7 Å². The number of aromatic nitrogens is 2. The van der Waals surface area contributed by atoms with Crippen molar-refractivity contribution in [2.75, 3.05) is 13.6 Å². The fraction of sp³-hybridized carbons (Fsp3) is 0.769. The Kier molecular flexibility index (Phi) is 5.53. The minimum atomic E-state index is 0.790. The second kappa shape index (κ2) is 6.69. The Morgan fingerprint density at radius 3 is 2.69 bits per heavy atom. The van der Waals surface area contributed by atoms with Crippen molar-refractivity contribution in [2.45, 2.75) is 52.6 Å². The van der Waals surface area contributed by atoms with Crippen molar-refractivity contribution in [3.05, 3.63) is 18.2 Å². The zero-order chi connectivity index (χ0) is 12.0. The Hall–Kier alpha value is -0.830. The van der Waals surface area contributed by atoms with E-state index in [1.807, 2.05) is 27.1 Å². The van der Waals surface area contributed by atoms with Crippen molar-refractivity contribution in [1.29, 1.82) is 0 Å². The van der Waals surface area contributed by atoms with Gasteiger partial charge in [0.15, 0.2) is 0 Å². The average Bonchev–Trinajstić information content (AvgIpc) is 2.88. The predicted molar refractivity (Wildman–Crippen MR) is 68.6 cm³/mol. The molecule has 0 saturated carbocycles. The average molecular weight is 223 g/mol. The topological polar surface area (TPSA) is 21.1 Å². The Balaban J connectivity index is 0.000000606. The van der Waals surface area contributed by atoms with Crippen LogP contribution in [0, 0.1) is 6.92 Å². The Labute approximate surface area is 99.5 Å². The summed E-state index contributed by atoms with van der Waals surface area (Å²) in [5.41, 5.74) is 1.12. The van der Waals surface area contributed by atoms with Crippen LogP contribution >= 0.6 is 0 Å². The van der Waals surface area contributed by atoms with Crippen LogP contribution in [0.4, 0.5) is 0 Å². The molecule has 2 heterocycles. The third-order valence-electron chi connectivity index (χ3n) is 3.15. The molecule has 16 heavy (non-hydrogen) atoms. The summed E-state index contributed by atoms with van der Waals surface area (Å²) in [6.45, 7) is 8.42. The van der Waals surface area contributed by atoms with Crippen LogP contribution in [-0.2, 0) is 6.54 Å². The van der Waals surface area contributed by atoms with Gasteiger partial charge < -0.3 is 9.47 Å². The zero-order valence-corrected chi connectivity index (χ0v) is 11.1. The highest BCUT2D eigenvalue weighted by Crippen LogP contribution is 2.18. The van der Waals surface area contributed by atoms with Crippen LogP contribution < -0.4 is 0 Å². The van der Waals surface area contributed by atoms with Gasteiger partial charge in [-0.3, -0.25) is 0 Å². The van der Waals surface area contributed by atoms with E-state index in [1.165, 1.54) is 25.8 Å². The standard InChI is InChI=1S/C11H19N3.C2H6/c1-10-8-14(9-12-10)7-5-11-4-3-6-13(11)2;1-2/h8-9,11H,3-7H2,1-2H3;1-2H3. The maximum Gasteiger partial charge on any atom is 0.0949 e. The first-order valence-corrected chi connectivity index (χ1v) is 6.44. The van der Waals surface area contributed by atoms with Crippen LogP contribution in [0.1, 0.15) is 38.8 Å². The van der Waals surface area contributed by atoms with Crippen molar-refractivity contribution in [1.82, 2.24) is 14.5 Å². The molecule has 2 rings (SSSR count). The van der Waals surface area contributed by atoms with Gasteiger partial charge in [-0.15, -0.1) is 0 Å². The first kappa shape index (κ1) is 13.2. The van der Waals surface area contributed by atoms with Gasteiger partial charge in [0.25, 0.3) is 0 Å². The van der Waals surface area contributed by atoms with E-state index in [0.29, 0.717) is 0 Å². The van der Waals surface area contributed by atoms with Crippen LogP contribution in [0.25, 0.3) is 0 Å². The lowest BCUT2D eigenvalue weighted by Gasteiger charge is -2.19. The Morgan fingerprint density at radius 2 is 2.19 bits per heavy atom. The van der Waals surface area contributed by atoms with E-state index in [9.17, 15) is 0 Å². The van der Waals surface area contributed by atoms with E-state index < -0.39 is 0 Å². The second-order valence-electron chi connectivity index (χ2n) is 4.32. The number of imidazole rings is 1. The summed E-state index contributed by atoms with van der Waals surface area (Å²) in [6.07, 6.45) is 8.04. The molecule has 0 aliphatic carbocycles. The molecule has 1 aliphatic rings. The fourth-order valence-electron chi connectivity index (χ4n) is 2.24. The summed E-state index contributed by atoms with van der Waals surface area (Å²) >= 11 is 0. The second-order valence-corrected chi connectivity index (χ2v) is 4.32. The molecule has 1 atom stereocenters. The Morgan fingerprint density at radius 1 is 1.44 bits per heavy atom. The van der Waals surface area contributed by atoms with Crippen LogP contribution in [0.3, 0.4) is 0 Å². The van der Waals surface area contributed by atoms with Gasteiger partial charge >= 0.3 is 0 Å². The maximum atomic E-state index is 4.23. The van der Waals surface area contributed by atoms with Gasteiger partial charge in [0.1, 0.15) is 0 Å². The summed E-state index contributed by atoms with van der Waals surface area (Å²) in [5, 5.41) is 0. The lowest BCUT2D eigenvalue weighted by molar-refractivity contribution is 0.286. The SMILES string of the molecule is CC.Cc1cn(CCC2CCCN2C)cn1. The monoisotopic (exact) mass is 223 g/mol. The molecule has 0 radical (unpaired) electrons. The molecule has 0 bridgehead atoms. The molecule has 0 amide bonds. The molecule has 3 heteroatoms. The van der Waals surface area contributed by atoms with Crippen LogP contribution in [0.5, 0.6) is 0 Å². The van der Waals surface area contributed by atoms with E-state index in [0.717, 1.165) is 18.3 Å². The van der Waals surface area contributed by atoms with Gasteiger partial charge in [-0.2, -0.15) is 0 Å². The quantitative estimate of drug-likeness (QED) is 0.785. The van der Waals surface area contributed by atoms with E-state index in [-0.39, 0.29) is 0 Å². The third kappa shape index (κ3) is 3.63. The number of nitrogens with zero attached hydrogens (tertiary/aromatic N) is 3. The highest BCUT2D eigenvalue weighted by Gasteiger charge is 2.19. The van der Waals surface area contributed by atoms with E-state index in [1.54, 1.807) is 0 Å². The normalized spacial score (nSPS) is 20.6. The van der Waals surface area contributed by atoms with Gasteiger partial charge in [-0.25, -0.2) is 4.98 Å². The molecule has 1 unspecified atom stereocenters. The third-order valence-corrected chi connectivity index (χ3v) is 3.15. The Bertz CT molecular complexity index is 293. The first-order chi connectivity index (χ1) is 7.75. The largest absolute Gasteiger partial charge is 0.337 e. The number of likely N-dealkylation sites (tertiary alicyclic amines) is 1. The number of hydrogen-bond acceptors (Lipinski definition) is 2. The van der Waals surface area contributed by atoms with E-state index >= 15 is 0 Å². The number of hydrogen-bond donors (Lipinski definition) is 0. The lowest BCUT2D eigenvalue weighted by Crippen LogP contribution is -2.25. The molecule has 0 spiro atoms. The van der Waals surface area contributed by atoms with Gasteiger partial charge in [-0.1, -0.05) is 13.8 Å². The lowest BCUT2D eigenvalue weighted by atomic mass is 10.1. The molecule has 92 valence electrons. The smallest absolute Gasteiger partial charge is 0.0949 e. The molecule has 1 aromatic rings. The molecular formula is C13H25N3. The van der Waals surface area contributed by atoms with Crippen LogP contribution in [0.2, 0.25) is 0 Å². The maximum absolute atomic E-state index is 4.23. The van der Waals surface area contributed by atoms with Crippen molar-refractivity contribution in [3.63, 3.8) is 0 Å². The number of aryl methyl sites for hydroxylation is 2. The summed E-state index contributed by atoms with van der Waals surface area (Å²) in [5.74, 6) is 0. The molecule has 1 aliphatic heterocycles. The molecule has 1 saturated heterocycles. The zero-order valence-electron chi connectivity index (χ0n) is 11.1. The van der Waals surface area contributed by atoms with E-state index in [4.69, 9.17) is 0 Å². The molecule has 0 N–H and O–H groups in total. The summed E-state index contributed by atoms with van der Waals surface area (Å²) < 4.78 is 2.20. The van der Waals surface area contributed by atoms with Gasteiger partial charge in [0.2, 0.25) is 0 Å². The minimum Gasteiger partial charge on any atom is -0.337 e. The fourth-order valence-corrected chi connectivity index (χ4v) is 2.24. The van der Waals surface area contributed by atoms with Crippen molar-refractivity contribution in [3.8, 4) is 0 Å². The molecule has 1 aromatic heterocycles. The van der Waals surface area contributed by atoms with Gasteiger partial charge in [0, 0.05) is 18.8 Å². The summed E-state index contributed by atoms with van der Waals surface area (Å²) in [4.78, 5) is 6.71. The highest BCUT2D eigenvalue weighted by atomic mass is 15.1. The summed E-state index contributed by atoms with van der Waals surface area (Å²) in [7, 11) is 2.23. The number of rotatable bonds is 3. The van der Waals surface area contributed by atoms with Gasteiger partial charge in [0.05, 0.1) is 12.0 Å². The first-order valence-electron chi connectivity index (χ1n) is 6.44. The molecule has 3 nitrogen and oxygen atoms in total. The van der Waals surface area contributed by atoms with Crippen LogP contribution in [-0.4, -0.2) is 34.1 Å². The van der Waals surface area contributed by atoms with Crippen LogP contribution in [0.15, 0.2) is 12.5 Å². The van der Waals surface area contributed by atoms with Gasteiger partial charge in [-0.05, 0) is 39.8 Å². The van der Waals surface area contributed by atoms with Crippen molar-refractivity contribution < 1.29 is 0 Å². The molecular weight excluding hydrogens is 198 g/mol.